The molecule has 0 radical (unpaired) electrons. The lowest BCUT2D eigenvalue weighted by Gasteiger charge is -2.31. The van der Waals surface area contributed by atoms with Crippen molar-refractivity contribution in [3.63, 3.8) is 0 Å². The van der Waals surface area contributed by atoms with Gasteiger partial charge in [-0.25, -0.2) is 0 Å². The van der Waals surface area contributed by atoms with E-state index in [-0.39, 0.29) is 16.2 Å². The van der Waals surface area contributed by atoms with Gasteiger partial charge >= 0.3 is 0 Å². The lowest BCUT2D eigenvalue weighted by atomic mass is 9.76. The minimum Gasteiger partial charge on any atom is -0.310 e. The van der Waals surface area contributed by atoms with E-state index in [9.17, 15) is 0 Å². The van der Waals surface area contributed by atoms with E-state index in [4.69, 9.17) is 0 Å². The topological polar surface area (TPSA) is 3.24 Å². The molecule has 0 saturated heterocycles. The third-order valence-corrected chi connectivity index (χ3v) is 15.5. The molecule has 0 aliphatic heterocycles. The van der Waals surface area contributed by atoms with Crippen molar-refractivity contribution >= 4 is 49.4 Å². The molecule has 4 aliphatic carbocycles. The number of hydrogen-bond acceptors (Lipinski definition) is 1. The first kappa shape index (κ1) is 34.4. The Morgan fingerprint density at radius 2 is 0.783 bits per heavy atom. The zero-order valence-corrected chi connectivity index (χ0v) is 34.9. The van der Waals surface area contributed by atoms with Crippen molar-refractivity contribution in [1.82, 2.24) is 0 Å². The Morgan fingerprint density at radius 1 is 0.350 bits per heavy atom. The number of hydrogen-bond donors (Lipinski definition) is 0. The molecule has 1 fully saturated rings. The predicted octanol–water partition coefficient (Wildman–Crippen LogP) is 16.1. The van der Waals surface area contributed by atoms with E-state index in [1.807, 2.05) is 0 Å². The van der Waals surface area contributed by atoms with Crippen LogP contribution in [0.3, 0.4) is 0 Å². The molecule has 0 heterocycles. The van der Waals surface area contributed by atoms with Crippen molar-refractivity contribution < 1.29 is 0 Å². The van der Waals surface area contributed by atoms with Gasteiger partial charge in [-0.2, -0.15) is 0 Å². The number of anilines is 3. The van der Waals surface area contributed by atoms with Crippen LogP contribution in [0.2, 0.25) is 0 Å². The van der Waals surface area contributed by atoms with Crippen LogP contribution in [0.25, 0.3) is 65.7 Å². The van der Waals surface area contributed by atoms with Crippen molar-refractivity contribution in [2.75, 3.05) is 4.90 Å². The Kier molecular flexibility index (Phi) is 6.80. The lowest BCUT2D eigenvalue weighted by molar-refractivity contribution is 0.550. The zero-order valence-electron chi connectivity index (χ0n) is 34.9. The Hall–Kier alpha value is -6.44. The maximum Gasteiger partial charge on any atom is 0.0465 e. The SMILES string of the molecule is CC1(C)c2cc(N(c3ccc4c(c3)C(C)(C)c3cc5ccccc5cc3-4)c3ccc4c(c3)C3(CCCC3)c3ccc5ccccc5c3-4)ccc2-c2cc3ccccc3cc21. The van der Waals surface area contributed by atoms with Crippen LogP contribution in [0.4, 0.5) is 17.1 Å². The summed E-state index contributed by atoms with van der Waals surface area (Å²) in [7, 11) is 0. The molecule has 1 heteroatoms. The van der Waals surface area contributed by atoms with Gasteiger partial charge in [-0.15, -0.1) is 0 Å². The van der Waals surface area contributed by atoms with Gasteiger partial charge in [-0.3, -0.25) is 0 Å². The van der Waals surface area contributed by atoms with Crippen molar-refractivity contribution in [3.05, 3.63) is 197 Å². The molecule has 60 heavy (non-hydrogen) atoms. The minimum absolute atomic E-state index is 0.0452. The van der Waals surface area contributed by atoms with Crippen LogP contribution in [0.5, 0.6) is 0 Å². The molecule has 0 aromatic heterocycles. The van der Waals surface area contributed by atoms with Gasteiger partial charge in [-0.1, -0.05) is 144 Å². The van der Waals surface area contributed by atoms with Gasteiger partial charge in [0.25, 0.3) is 0 Å². The fourth-order valence-electron chi connectivity index (χ4n) is 12.5. The first-order chi connectivity index (χ1) is 29.2. The van der Waals surface area contributed by atoms with E-state index in [2.05, 4.69) is 196 Å². The molecule has 1 nitrogen and oxygen atoms in total. The minimum atomic E-state index is -0.144. The fraction of sp³-hybridized carbons (Fsp3) is 0.186. The number of benzene rings is 9. The Bertz CT molecular complexity index is 3190. The molecule has 0 bridgehead atoms. The quantitative estimate of drug-likeness (QED) is 0.173. The van der Waals surface area contributed by atoms with Crippen LogP contribution in [0, 0.1) is 0 Å². The van der Waals surface area contributed by atoms with E-state index in [0.717, 1.165) is 0 Å². The first-order valence-electron chi connectivity index (χ1n) is 22.0. The van der Waals surface area contributed by atoms with Gasteiger partial charge in [0.05, 0.1) is 0 Å². The zero-order chi connectivity index (χ0) is 40.1. The molecule has 0 atom stereocenters. The largest absolute Gasteiger partial charge is 0.310 e. The number of rotatable bonds is 3. The average molecular weight is 770 g/mol. The summed E-state index contributed by atoms with van der Waals surface area (Å²) in [5, 5.41) is 7.92. The second kappa shape index (κ2) is 11.9. The highest BCUT2D eigenvalue weighted by Gasteiger charge is 2.46. The molecular weight excluding hydrogens is 723 g/mol. The van der Waals surface area contributed by atoms with Crippen LogP contribution in [0.15, 0.2) is 164 Å². The summed E-state index contributed by atoms with van der Waals surface area (Å²) < 4.78 is 0. The molecule has 0 N–H and O–H groups in total. The van der Waals surface area contributed by atoms with Crippen LogP contribution < -0.4 is 4.90 Å². The maximum absolute atomic E-state index is 2.59. The second-order valence-corrected chi connectivity index (χ2v) is 19.3. The molecule has 13 rings (SSSR count). The molecule has 0 unspecified atom stereocenters. The van der Waals surface area contributed by atoms with E-state index < -0.39 is 0 Å². The van der Waals surface area contributed by atoms with E-state index >= 15 is 0 Å². The summed E-state index contributed by atoms with van der Waals surface area (Å²) in [5.74, 6) is 0. The van der Waals surface area contributed by atoms with Gasteiger partial charge < -0.3 is 4.90 Å². The number of fused-ring (bicyclic) bond motifs is 15. The highest BCUT2D eigenvalue weighted by molar-refractivity contribution is 6.03. The van der Waals surface area contributed by atoms with E-state index in [0.29, 0.717) is 0 Å². The maximum atomic E-state index is 2.59. The predicted molar refractivity (Wildman–Crippen MR) is 253 cm³/mol. The van der Waals surface area contributed by atoms with Crippen LogP contribution >= 0.6 is 0 Å². The van der Waals surface area contributed by atoms with Gasteiger partial charge in [-0.05, 0) is 173 Å². The van der Waals surface area contributed by atoms with Gasteiger partial charge in [0.1, 0.15) is 0 Å². The van der Waals surface area contributed by atoms with Crippen molar-refractivity contribution in [2.45, 2.75) is 69.6 Å². The smallest absolute Gasteiger partial charge is 0.0465 e. The highest BCUT2D eigenvalue weighted by atomic mass is 15.1. The lowest BCUT2D eigenvalue weighted by Crippen LogP contribution is -2.21. The van der Waals surface area contributed by atoms with Gasteiger partial charge in [0.2, 0.25) is 0 Å². The van der Waals surface area contributed by atoms with E-state index in [1.165, 1.54) is 142 Å². The normalized spacial score (nSPS) is 16.8. The van der Waals surface area contributed by atoms with Crippen molar-refractivity contribution in [3.8, 4) is 33.4 Å². The van der Waals surface area contributed by atoms with Crippen molar-refractivity contribution in [2.24, 2.45) is 0 Å². The summed E-state index contributed by atoms with van der Waals surface area (Å²) in [6.07, 6.45) is 4.94. The summed E-state index contributed by atoms with van der Waals surface area (Å²) in [6.45, 7) is 9.67. The molecule has 9 aromatic rings. The van der Waals surface area contributed by atoms with Gasteiger partial charge in [0.15, 0.2) is 0 Å². The first-order valence-corrected chi connectivity index (χ1v) is 22.0. The van der Waals surface area contributed by atoms with Gasteiger partial charge in [0, 0.05) is 33.3 Å². The summed E-state index contributed by atoms with van der Waals surface area (Å²) in [6, 6.07) is 63.3. The Labute approximate surface area is 353 Å². The molecule has 9 aromatic carbocycles. The molecule has 288 valence electrons. The summed E-state index contributed by atoms with van der Waals surface area (Å²) >= 11 is 0. The highest BCUT2D eigenvalue weighted by Crippen LogP contribution is 2.60. The average Bonchev–Trinajstić information content (AvgIpc) is 3.99. The molecular formula is C59H47N. The molecule has 1 saturated carbocycles. The number of nitrogens with zero attached hydrogens (tertiary/aromatic N) is 1. The Morgan fingerprint density at radius 3 is 1.32 bits per heavy atom. The monoisotopic (exact) mass is 769 g/mol. The van der Waals surface area contributed by atoms with E-state index in [1.54, 1.807) is 0 Å². The molecule has 1 spiro atoms. The molecule has 4 aliphatic rings. The molecule has 0 amide bonds. The third kappa shape index (κ3) is 4.48. The summed E-state index contributed by atoms with van der Waals surface area (Å²) in [4.78, 5) is 2.58. The fourth-order valence-corrected chi connectivity index (χ4v) is 12.5. The summed E-state index contributed by atoms with van der Waals surface area (Å²) in [5.41, 5.74) is 20.4. The van der Waals surface area contributed by atoms with Crippen LogP contribution in [-0.2, 0) is 16.2 Å². The van der Waals surface area contributed by atoms with Crippen LogP contribution in [0.1, 0.15) is 86.8 Å². The van der Waals surface area contributed by atoms with Crippen LogP contribution in [-0.4, -0.2) is 0 Å². The van der Waals surface area contributed by atoms with Crippen molar-refractivity contribution in [1.29, 1.82) is 0 Å². The Balaban J connectivity index is 1.03. The second-order valence-electron chi connectivity index (χ2n) is 19.3. The third-order valence-electron chi connectivity index (χ3n) is 15.5. The standard InChI is InChI=1S/C59H47N/c1-57(2)51-31-39-16-7-5-14-37(39)29-48(51)45-23-20-41(33-53(45)57)60(42-21-24-46-49-30-38-15-6-8-17-40(38)32-52(49)58(3,4)54(46)34-42)43-22-25-47-55(35-43)59(27-11-12-28-59)50-26-19-36-13-9-10-18-44(36)56(47)50/h5-10,13-26,29-35H,11-12,27-28H2,1-4H3.